The number of hydrogen-bond donors (Lipinski definition) is 2. The number of nitrogens with zero attached hydrogens (tertiary/aromatic N) is 4. The second-order valence-electron chi connectivity index (χ2n) is 1.90. The first-order chi connectivity index (χ1) is 5.72. The molecule has 0 aromatic carbocycles. The number of hydrogen-bond acceptors (Lipinski definition) is 4. The summed E-state index contributed by atoms with van der Waals surface area (Å²) in [6, 6.07) is 0. The van der Waals surface area contributed by atoms with Crippen LogP contribution in [0.5, 0.6) is 0 Å². The fourth-order valence-corrected chi connectivity index (χ4v) is 0.385. The van der Waals surface area contributed by atoms with Gasteiger partial charge in [-0.05, 0) is 13.8 Å². The Morgan fingerprint density at radius 3 is 1.50 bits per heavy atom. The fourth-order valence-electron chi connectivity index (χ4n) is 0.385. The Balaban J connectivity index is 4.36. The Hall–Kier alpha value is -1.72. The van der Waals surface area contributed by atoms with E-state index >= 15 is 0 Å². The standard InChI is InChI=1S/C6H12N6/c1-5(11-9-3-7)6(2)12-10-4-8/h3-4H,1-2H3,(H2,7,9)(H2,8,10)/b11-5+,12-6+. The van der Waals surface area contributed by atoms with Gasteiger partial charge in [-0.25, -0.2) is 0 Å². The fraction of sp³-hybridized carbons (Fsp3) is 0.333. The number of nitrogens with two attached hydrogens (primary N) is 2. The molecule has 0 aromatic rings. The van der Waals surface area contributed by atoms with E-state index in [1.165, 1.54) is 0 Å². The van der Waals surface area contributed by atoms with Gasteiger partial charge < -0.3 is 11.5 Å². The minimum Gasteiger partial charge on any atom is -0.388 e. The molecule has 0 rings (SSSR count). The normalized spacial score (nSPS) is 14.8. The third-order valence-corrected chi connectivity index (χ3v) is 1.07. The monoisotopic (exact) mass is 168 g/mol. The van der Waals surface area contributed by atoms with Gasteiger partial charge >= 0.3 is 0 Å². The van der Waals surface area contributed by atoms with Crippen molar-refractivity contribution < 1.29 is 0 Å². The van der Waals surface area contributed by atoms with E-state index in [9.17, 15) is 0 Å². The quantitative estimate of drug-likeness (QED) is 0.343. The van der Waals surface area contributed by atoms with Crippen molar-refractivity contribution in [2.24, 2.45) is 31.9 Å². The van der Waals surface area contributed by atoms with Crippen LogP contribution in [0.2, 0.25) is 0 Å². The minimum absolute atomic E-state index is 0.641. The third-order valence-electron chi connectivity index (χ3n) is 1.07. The summed E-state index contributed by atoms with van der Waals surface area (Å²) in [5.41, 5.74) is 11.3. The van der Waals surface area contributed by atoms with Crippen molar-refractivity contribution in [2.45, 2.75) is 13.8 Å². The summed E-state index contributed by atoms with van der Waals surface area (Å²) in [6.45, 7) is 3.50. The van der Waals surface area contributed by atoms with Gasteiger partial charge in [0, 0.05) is 0 Å². The zero-order valence-corrected chi connectivity index (χ0v) is 7.10. The van der Waals surface area contributed by atoms with E-state index in [1.54, 1.807) is 13.8 Å². The molecular weight excluding hydrogens is 156 g/mol. The molecule has 0 amide bonds. The summed E-state index contributed by atoms with van der Waals surface area (Å²) < 4.78 is 0. The van der Waals surface area contributed by atoms with Crippen LogP contribution in [0.1, 0.15) is 13.8 Å². The van der Waals surface area contributed by atoms with Crippen molar-refractivity contribution in [3.8, 4) is 0 Å². The van der Waals surface area contributed by atoms with Gasteiger partial charge in [0.1, 0.15) is 12.7 Å². The van der Waals surface area contributed by atoms with Crippen LogP contribution in [0.15, 0.2) is 20.4 Å². The molecule has 0 radical (unpaired) electrons. The van der Waals surface area contributed by atoms with Gasteiger partial charge in [0.25, 0.3) is 0 Å². The van der Waals surface area contributed by atoms with Crippen molar-refractivity contribution in [1.29, 1.82) is 0 Å². The molecule has 0 aromatic heterocycles. The topological polar surface area (TPSA) is 101 Å². The molecule has 0 spiro atoms. The molecule has 0 saturated heterocycles. The minimum atomic E-state index is 0.641. The smallest absolute Gasteiger partial charge is 0.108 e. The zero-order chi connectivity index (χ0) is 9.40. The van der Waals surface area contributed by atoms with E-state index < -0.39 is 0 Å². The summed E-state index contributed by atoms with van der Waals surface area (Å²) in [7, 11) is 0. The molecule has 4 N–H and O–H groups in total. The zero-order valence-electron chi connectivity index (χ0n) is 7.10. The van der Waals surface area contributed by atoms with Crippen LogP contribution < -0.4 is 11.5 Å². The molecule has 0 aliphatic carbocycles. The SMILES string of the molecule is CC(=N\N=C\N)/C(C)=N/N=C/N. The molecule has 0 bridgehead atoms. The van der Waals surface area contributed by atoms with Gasteiger partial charge in [-0.2, -0.15) is 10.2 Å². The Kier molecular flexibility index (Phi) is 5.16. The highest BCUT2D eigenvalue weighted by Gasteiger charge is 1.93. The lowest BCUT2D eigenvalue weighted by Crippen LogP contribution is -2.05. The Labute approximate surface area is 70.8 Å². The van der Waals surface area contributed by atoms with Crippen LogP contribution in [0, 0.1) is 0 Å². The molecule has 0 unspecified atom stereocenters. The molecular formula is C6H12N6. The summed E-state index contributed by atoms with van der Waals surface area (Å²) in [4.78, 5) is 0. The number of rotatable bonds is 3. The molecule has 0 fully saturated rings. The predicted molar refractivity (Wildman–Crippen MR) is 51.6 cm³/mol. The lowest BCUT2D eigenvalue weighted by molar-refractivity contribution is 1.22. The molecule has 6 nitrogen and oxygen atoms in total. The van der Waals surface area contributed by atoms with Gasteiger partial charge in [0.2, 0.25) is 0 Å². The Morgan fingerprint density at radius 2 is 1.25 bits per heavy atom. The second kappa shape index (κ2) is 6.02. The van der Waals surface area contributed by atoms with Crippen molar-refractivity contribution in [2.75, 3.05) is 0 Å². The van der Waals surface area contributed by atoms with Gasteiger partial charge in [-0.15, -0.1) is 10.2 Å². The molecule has 66 valence electrons. The maximum absolute atomic E-state index is 4.99. The molecule has 12 heavy (non-hydrogen) atoms. The lowest BCUT2D eigenvalue weighted by atomic mass is 10.3. The third kappa shape index (κ3) is 4.15. The van der Waals surface area contributed by atoms with Crippen LogP contribution >= 0.6 is 0 Å². The molecule has 0 saturated carbocycles. The van der Waals surface area contributed by atoms with Gasteiger partial charge in [-0.1, -0.05) is 0 Å². The maximum atomic E-state index is 4.99. The van der Waals surface area contributed by atoms with Gasteiger partial charge in [0.05, 0.1) is 11.4 Å². The van der Waals surface area contributed by atoms with Crippen molar-refractivity contribution in [3.05, 3.63) is 0 Å². The van der Waals surface area contributed by atoms with Crippen LogP contribution in [0.4, 0.5) is 0 Å². The first-order valence-electron chi connectivity index (χ1n) is 3.28. The summed E-state index contributed by atoms with van der Waals surface area (Å²) in [5, 5.41) is 14.4. The van der Waals surface area contributed by atoms with Gasteiger partial charge in [0.15, 0.2) is 0 Å². The summed E-state index contributed by atoms with van der Waals surface area (Å²) >= 11 is 0. The van der Waals surface area contributed by atoms with Crippen LogP contribution in [0.3, 0.4) is 0 Å². The van der Waals surface area contributed by atoms with E-state index in [0.29, 0.717) is 11.4 Å². The Morgan fingerprint density at radius 1 is 0.917 bits per heavy atom. The molecule has 0 aliphatic heterocycles. The van der Waals surface area contributed by atoms with E-state index in [0.717, 1.165) is 12.7 Å². The van der Waals surface area contributed by atoms with E-state index in [4.69, 9.17) is 11.5 Å². The largest absolute Gasteiger partial charge is 0.388 e. The van der Waals surface area contributed by atoms with Crippen molar-refractivity contribution in [1.82, 2.24) is 0 Å². The maximum Gasteiger partial charge on any atom is 0.108 e. The summed E-state index contributed by atoms with van der Waals surface area (Å²) in [6.07, 6.45) is 2.20. The predicted octanol–water partition coefficient (Wildman–Crippen LogP) is -0.288. The first-order valence-corrected chi connectivity index (χ1v) is 3.28. The van der Waals surface area contributed by atoms with E-state index in [2.05, 4.69) is 20.4 Å². The van der Waals surface area contributed by atoms with Crippen LogP contribution in [-0.4, -0.2) is 24.1 Å². The highest BCUT2D eigenvalue weighted by Crippen LogP contribution is 1.85. The molecule has 6 heteroatoms. The first kappa shape index (κ1) is 10.3. The molecule has 0 aliphatic rings. The Bertz CT molecular complexity index is 210. The van der Waals surface area contributed by atoms with E-state index in [-0.39, 0.29) is 0 Å². The highest BCUT2D eigenvalue weighted by molar-refractivity contribution is 6.40. The van der Waals surface area contributed by atoms with Crippen LogP contribution in [-0.2, 0) is 0 Å². The van der Waals surface area contributed by atoms with Crippen molar-refractivity contribution >= 4 is 24.1 Å². The second-order valence-corrected chi connectivity index (χ2v) is 1.90. The highest BCUT2D eigenvalue weighted by atomic mass is 15.2. The lowest BCUT2D eigenvalue weighted by Gasteiger charge is -1.92. The average molecular weight is 168 g/mol. The van der Waals surface area contributed by atoms with Crippen LogP contribution in [0.25, 0.3) is 0 Å². The molecule has 0 atom stereocenters. The average Bonchev–Trinajstić information content (AvgIpc) is 2.10. The summed E-state index contributed by atoms with van der Waals surface area (Å²) in [5.74, 6) is 0. The van der Waals surface area contributed by atoms with Gasteiger partial charge in [-0.3, -0.25) is 0 Å². The van der Waals surface area contributed by atoms with E-state index in [1.807, 2.05) is 0 Å². The molecule has 0 heterocycles. The van der Waals surface area contributed by atoms with Crippen molar-refractivity contribution in [3.63, 3.8) is 0 Å².